The third kappa shape index (κ3) is 3.69. The number of ether oxygens (including phenoxy) is 2. The van der Waals surface area contributed by atoms with Crippen molar-refractivity contribution >= 4 is 16.9 Å². The van der Waals surface area contributed by atoms with Gasteiger partial charge in [0.05, 0.1) is 29.7 Å². The zero-order valence-corrected chi connectivity index (χ0v) is 18.2. The van der Waals surface area contributed by atoms with E-state index in [2.05, 4.69) is 6.92 Å². The third-order valence-corrected chi connectivity index (χ3v) is 6.24. The number of rotatable bonds is 7. The minimum absolute atomic E-state index is 0.0377. The van der Waals surface area contributed by atoms with Gasteiger partial charge in [0.25, 0.3) is 5.91 Å². The molecule has 2 aliphatic heterocycles. The van der Waals surface area contributed by atoms with Crippen LogP contribution >= 0.6 is 0 Å². The zero-order valence-electron chi connectivity index (χ0n) is 18.2. The zero-order chi connectivity index (χ0) is 22.1. The second-order valence-electron chi connectivity index (χ2n) is 8.44. The maximum absolute atomic E-state index is 13.5. The molecule has 6 nitrogen and oxygen atoms in total. The lowest BCUT2D eigenvalue weighted by molar-refractivity contribution is 0.0486. The molecular formula is C26H27NO5. The monoisotopic (exact) mass is 433 g/mol. The van der Waals surface area contributed by atoms with Crippen molar-refractivity contribution in [1.29, 1.82) is 0 Å². The highest BCUT2D eigenvalue weighted by Crippen LogP contribution is 2.39. The number of unbranched alkanes of at least 4 members (excludes halogenated alkanes) is 1. The van der Waals surface area contributed by atoms with E-state index >= 15 is 0 Å². The van der Waals surface area contributed by atoms with Gasteiger partial charge >= 0.3 is 0 Å². The van der Waals surface area contributed by atoms with Crippen molar-refractivity contribution in [3.8, 4) is 5.75 Å². The molecule has 6 heteroatoms. The fourth-order valence-corrected chi connectivity index (χ4v) is 4.62. The molecule has 0 saturated carbocycles. The Kier molecular flexibility index (Phi) is 5.70. The third-order valence-electron chi connectivity index (χ3n) is 6.24. The maximum Gasteiger partial charge on any atom is 0.291 e. The molecule has 2 aromatic carbocycles. The van der Waals surface area contributed by atoms with Gasteiger partial charge in [0.15, 0.2) is 5.43 Å². The maximum atomic E-state index is 13.5. The minimum Gasteiger partial charge on any atom is -0.494 e. The summed E-state index contributed by atoms with van der Waals surface area (Å²) in [7, 11) is 0. The van der Waals surface area contributed by atoms with Gasteiger partial charge in [-0.15, -0.1) is 0 Å². The van der Waals surface area contributed by atoms with Gasteiger partial charge < -0.3 is 18.8 Å². The molecule has 32 heavy (non-hydrogen) atoms. The molecule has 3 heterocycles. The molecule has 2 atom stereocenters. The van der Waals surface area contributed by atoms with Gasteiger partial charge in [-0.1, -0.05) is 37.6 Å². The fourth-order valence-electron chi connectivity index (χ4n) is 4.62. The number of para-hydroxylation sites is 1. The van der Waals surface area contributed by atoms with Gasteiger partial charge in [-0.05, 0) is 49.1 Å². The van der Waals surface area contributed by atoms with Crippen LogP contribution in [0, 0.1) is 0 Å². The standard InChI is InChI=1S/C26H27NO5/c1-2-3-13-30-18-9-6-8-17(15-18)23-22-24(28)20-11-4-5-12-21(20)32-25(22)26(29)27(23)16-19-10-7-14-31-19/h4-6,8-9,11-12,15,19,23H,2-3,7,10,13-14,16H2,1H3/t19-,23+/m1/s1. The Hall–Kier alpha value is -3.12. The second kappa shape index (κ2) is 8.79. The Morgan fingerprint density at radius 1 is 1.12 bits per heavy atom. The largest absolute Gasteiger partial charge is 0.494 e. The van der Waals surface area contributed by atoms with Crippen LogP contribution in [0.5, 0.6) is 5.75 Å². The number of amides is 1. The van der Waals surface area contributed by atoms with Crippen molar-refractivity contribution in [2.75, 3.05) is 19.8 Å². The first kappa shape index (κ1) is 20.8. The molecule has 3 aromatic rings. The summed E-state index contributed by atoms with van der Waals surface area (Å²) in [5.41, 5.74) is 1.51. The number of nitrogens with zero attached hydrogens (tertiary/aromatic N) is 1. The van der Waals surface area contributed by atoms with Crippen LogP contribution in [0.25, 0.3) is 11.0 Å². The van der Waals surface area contributed by atoms with Crippen molar-refractivity contribution in [2.45, 2.75) is 44.8 Å². The Bertz CT molecular complexity index is 1190. The second-order valence-corrected chi connectivity index (χ2v) is 8.44. The quantitative estimate of drug-likeness (QED) is 0.506. The summed E-state index contributed by atoms with van der Waals surface area (Å²) < 4.78 is 17.7. The lowest BCUT2D eigenvalue weighted by Gasteiger charge is -2.27. The SMILES string of the molecule is CCCCOc1cccc([C@H]2c3c(oc4ccccc4c3=O)C(=O)N2C[C@H]2CCCO2)c1. The van der Waals surface area contributed by atoms with Crippen molar-refractivity contribution in [2.24, 2.45) is 0 Å². The van der Waals surface area contributed by atoms with Gasteiger partial charge in [-0.2, -0.15) is 0 Å². The topological polar surface area (TPSA) is 69.0 Å². The highest BCUT2D eigenvalue weighted by Gasteiger charge is 2.44. The van der Waals surface area contributed by atoms with Crippen LogP contribution in [0.3, 0.4) is 0 Å². The molecule has 1 fully saturated rings. The average Bonchev–Trinajstić information content (AvgIpc) is 3.42. The summed E-state index contributed by atoms with van der Waals surface area (Å²) >= 11 is 0. The number of carbonyl (C=O) groups excluding carboxylic acids is 1. The molecule has 166 valence electrons. The summed E-state index contributed by atoms with van der Waals surface area (Å²) in [6.45, 7) is 3.87. The van der Waals surface area contributed by atoms with Crippen LogP contribution in [-0.4, -0.2) is 36.7 Å². The van der Waals surface area contributed by atoms with Crippen LogP contribution in [0.4, 0.5) is 0 Å². The molecule has 0 N–H and O–H groups in total. The molecule has 0 radical (unpaired) electrons. The summed E-state index contributed by atoms with van der Waals surface area (Å²) in [5, 5.41) is 0.485. The predicted molar refractivity (Wildman–Crippen MR) is 121 cm³/mol. The normalized spacial score (nSPS) is 20.2. The van der Waals surface area contributed by atoms with Gasteiger partial charge in [-0.3, -0.25) is 9.59 Å². The van der Waals surface area contributed by atoms with Crippen LogP contribution in [-0.2, 0) is 4.74 Å². The Balaban J connectivity index is 1.61. The Labute approximate surface area is 186 Å². The van der Waals surface area contributed by atoms with Gasteiger partial charge in [0.2, 0.25) is 5.76 Å². The summed E-state index contributed by atoms with van der Waals surface area (Å²) in [5.74, 6) is 0.605. The minimum atomic E-state index is -0.530. The van der Waals surface area contributed by atoms with E-state index in [1.807, 2.05) is 30.3 Å². The summed E-state index contributed by atoms with van der Waals surface area (Å²) in [6.07, 6.45) is 3.86. The van der Waals surface area contributed by atoms with Crippen molar-refractivity contribution in [1.82, 2.24) is 4.90 Å². The lowest BCUT2D eigenvalue weighted by atomic mass is 9.98. The lowest BCUT2D eigenvalue weighted by Crippen LogP contribution is -2.36. The number of fused-ring (bicyclic) bond motifs is 2. The van der Waals surface area contributed by atoms with E-state index in [0.29, 0.717) is 36.3 Å². The van der Waals surface area contributed by atoms with E-state index in [-0.39, 0.29) is 23.2 Å². The Morgan fingerprint density at radius 3 is 2.81 bits per heavy atom. The number of hydrogen-bond acceptors (Lipinski definition) is 5. The molecular weight excluding hydrogens is 406 g/mol. The molecule has 1 amide bonds. The summed E-state index contributed by atoms with van der Waals surface area (Å²) in [6, 6.07) is 14.2. The highest BCUT2D eigenvalue weighted by atomic mass is 16.5. The van der Waals surface area contributed by atoms with Crippen LogP contribution in [0.1, 0.15) is 60.3 Å². The van der Waals surface area contributed by atoms with E-state index in [1.165, 1.54) is 0 Å². The molecule has 0 bridgehead atoms. The van der Waals surface area contributed by atoms with Gasteiger partial charge in [-0.25, -0.2) is 0 Å². The average molecular weight is 434 g/mol. The number of hydrogen-bond donors (Lipinski definition) is 0. The van der Waals surface area contributed by atoms with Crippen LogP contribution in [0.2, 0.25) is 0 Å². The predicted octanol–water partition coefficient (Wildman–Crippen LogP) is 4.70. The van der Waals surface area contributed by atoms with Crippen molar-refractivity contribution in [3.05, 3.63) is 75.6 Å². The number of carbonyl (C=O) groups is 1. The molecule has 0 aliphatic carbocycles. The van der Waals surface area contributed by atoms with E-state index in [0.717, 1.165) is 37.0 Å². The first-order chi connectivity index (χ1) is 15.7. The van der Waals surface area contributed by atoms with E-state index in [9.17, 15) is 9.59 Å². The smallest absolute Gasteiger partial charge is 0.291 e. The Morgan fingerprint density at radius 2 is 2.00 bits per heavy atom. The van der Waals surface area contributed by atoms with E-state index in [1.54, 1.807) is 23.1 Å². The first-order valence-electron chi connectivity index (χ1n) is 11.4. The van der Waals surface area contributed by atoms with Crippen LogP contribution in [0.15, 0.2) is 57.7 Å². The molecule has 0 spiro atoms. The van der Waals surface area contributed by atoms with E-state index < -0.39 is 6.04 Å². The van der Waals surface area contributed by atoms with Crippen molar-refractivity contribution in [3.63, 3.8) is 0 Å². The molecule has 2 aliphatic rings. The van der Waals surface area contributed by atoms with Crippen LogP contribution < -0.4 is 10.2 Å². The molecule has 1 saturated heterocycles. The van der Waals surface area contributed by atoms with Crippen molar-refractivity contribution < 1.29 is 18.7 Å². The number of benzene rings is 2. The summed E-state index contributed by atoms with van der Waals surface area (Å²) in [4.78, 5) is 28.7. The van der Waals surface area contributed by atoms with Gasteiger partial charge in [0, 0.05) is 13.2 Å². The fraction of sp³-hybridized carbons (Fsp3) is 0.385. The molecule has 0 unspecified atom stereocenters. The highest BCUT2D eigenvalue weighted by molar-refractivity contribution is 5.99. The molecule has 1 aromatic heterocycles. The first-order valence-corrected chi connectivity index (χ1v) is 11.4. The molecule has 5 rings (SSSR count). The van der Waals surface area contributed by atoms with Gasteiger partial charge in [0.1, 0.15) is 11.3 Å². The van der Waals surface area contributed by atoms with E-state index in [4.69, 9.17) is 13.9 Å².